The van der Waals surface area contributed by atoms with Crippen LogP contribution in [0.3, 0.4) is 0 Å². The molecule has 62 valence electrons. The van der Waals surface area contributed by atoms with E-state index >= 15 is 0 Å². The lowest BCUT2D eigenvalue weighted by atomic mass is 10.1. The van der Waals surface area contributed by atoms with Gasteiger partial charge in [-0.3, -0.25) is 0 Å². The van der Waals surface area contributed by atoms with Crippen LogP contribution in [-0.2, 0) is 6.42 Å². The van der Waals surface area contributed by atoms with Gasteiger partial charge in [0.05, 0.1) is 19.6 Å². The molecule has 0 aliphatic heterocycles. The Balaban J connectivity index is 3.07. The molecule has 0 spiro atoms. The number of nitrogens with zero attached hydrogens (tertiary/aromatic N) is 1. The highest BCUT2D eigenvalue weighted by Gasteiger charge is 2.02. The van der Waals surface area contributed by atoms with E-state index < -0.39 is 0 Å². The molecule has 1 rings (SSSR count). The van der Waals surface area contributed by atoms with Gasteiger partial charge in [0.25, 0.3) is 0 Å². The first-order chi connectivity index (χ1) is 5.79. The van der Waals surface area contributed by atoms with Gasteiger partial charge in [-0.05, 0) is 24.1 Å². The molecule has 0 saturated heterocycles. The third-order valence-corrected chi connectivity index (χ3v) is 1.89. The normalized spacial score (nSPS) is 9.08. The number of rotatable bonds is 2. The summed E-state index contributed by atoms with van der Waals surface area (Å²) in [7, 11) is 1.64. The van der Waals surface area contributed by atoms with Crippen LogP contribution in [0.15, 0.2) is 18.2 Å². The van der Waals surface area contributed by atoms with E-state index in [1.54, 1.807) is 7.11 Å². The van der Waals surface area contributed by atoms with Gasteiger partial charge in [0.2, 0.25) is 0 Å². The summed E-state index contributed by atoms with van der Waals surface area (Å²) in [6.07, 6.45) is 0.447. The van der Waals surface area contributed by atoms with Gasteiger partial charge in [0.1, 0.15) is 5.75 Å². The van der Waals surface area contributed by atoms with Gasteiger partial charge in [-0.1, -0.05) is 12.1 Å². The van der Waals surface area contributed by atoms with E-state index in [2.05, 4.69) is 6.07 Å². The summed E-state index contributed by atoms with van der Waals surface area (Å²) < 4.78 is 5.12. The molecule has 0 aromatic heterocycles. The van der Waals surface area contributed by atoms with Crippen molar-refractivity contribution >= 4 is 0 Å². The molecular weight excluding hydrogens is 150 g/mol. The standard InChI is InChI=1S/C10H11NO/c1-8-9(6-7-11)4-3-5-10(8)12-2/h3-5H,6H2,1-2H3. The second-order valence-corrected chi connectivity index (χ2v) is 2.58. The van der Waals surface area contributed by atoms with Crippen molar-refractivity contribution in [2.45, 2.75) is 13.3 Å². The van der Waals surface area contributed by atoms with E-state index in [-0.39, 0.29) is 0 Å². The first-order valence-electron chi connectivity index (χ1n) is 3.79. The van der Waals surface area contributed by atoms with Gasteiger partial charge in [-0.2, -0.15) is 5.26 Å². The van der Waals surface area contributed by atoms with Crippen molar-refractivity contribution in [3.05, 3.63) is 29.3 Å². The predicted molar refractivity (Wildman–Crippen MR) is 47.0 cm³/mol. The molecule has 0 aliphatic rings. The van der Waals surface area contributed by atoms with E-state index in [1.807, 2.05) is 25.1 Å². The Kier molecular flexibility index (Phi) is 2.71. The molecule has 2 nitrogen and oxygen atoms in total. The maximum atomic E-state index is 8.52. The van der Waals surface area contributed by atoms with E-state index in [0.717, 1.165) is 16.9 Å². The van der Waals surface area contributed by atoms with Gasteiger partial charge in [0, 0.05) is 0 Å². The quantitative estimate of drug-likeness (QED) is 0.665. The molecule has 12 heavy (non-hydrogen) atoms. The summed E-state index contributed by atoms with van der Waals surface area (Å²) in [6, 6.07) is 7.87. The van der Waals surface area contributed by atoms with Crippen LogP contribution < -0.4 is 4.74 Å². The molecule has 0 N–H and O–H groups in total. The summed E-state index contributed by atoms with van der Waals surface area (Å²) in [5.74, 6) is 0.850. The largest absolute Gasteiger partial charge is 0.496 e. The topological polar surface area (TPSA) is 33.0 Å². The number of benzene rings is 1. The zero-order chi connectivity index (χ0) is 8.97. The Bertz CT molecular complexity index is 312. The lowest BCUT2D eigenvalue weighted by molar-refractivity contribution is 0.411. The fraction of sp³-hybridized carbons (Fsp3) is 0.300. The molecule has 0 radical (unpaired) electrons. The predicted octanol–water partition coefficient (Wildman–Crippen LogP) is 2.07. The Morgan fingerprint density at radius 1 is 1.50 bits per heavy atom. The molecule has 0 fully saturated rings. The van der Waals surface area contributed by atoms with Crippen LogP contribution >= 0.6 is 0 Å². The Morgan fingerprint density at radius 3 is 2.83 bits per heavy atom. The van der Waals surface area contributed by atoms with Crippen molar-refractivity contribution in [3.63, 3.8) is 0 Å². The number of nitriles is 1. The minimum atomic E-state index is 0.447. The first kappa shape index (κ1) is 8.61. The second kappa shape index (κ2) is 3.77. The molecular formula is C10H11NO. The van der Waals surface area contributed by atoms with Crippen LogP contribution in [0.2, 0.25) is 0 Å². The van der Waals surface area contributed by atoms with Crippen LogP contribution in [0.5, 0.6) is 5.75 Å². The van der Waals surface area contributed by atoms with Gasteiger partial charge in [-0.25, -0.2) is 0 Å². The average Bonchev–Trinajstić information content (AvgIpc) is 2.09. The molecule has 0 atom stereocenters. The van der Waals surface area contributed by atoms with Crippen molar-refractivity contribution < 1.29 is 4.74 Å². The molecule has 1 aromatic carbocycles. The van der Waals surface area contributed by atoms with Crippen LogP contribution in [0.1, 0.15) is 11.1 Å². The van der Waals surface area contributed by atoms with Crippen molar-refractivity contribution in [2.24, 2.45) is 0 Å². The maximum absolute atomic E-state index is 8.52. The number of ether oxygens (including phenoxy) is 1. The van der Waals surface area contributed by atoms with Crippen LogP contribution in [0.25, 0.3) is 0 Å². The van der Waals surface area contributed by atoms with E-state index in [1.165, 1.54) is 0 Å². The van der Waals surface area contributed by atoms with Crippen molar-refractivity contribution in [1.82, 2.24) is 0 Å². The van der Waals surface area contributed by atoms with Crippen molar-refractivity contribution in [3.8, 4) is 11.8 Å². The first-order valence-corrected chi connectivity index (χ1v) is 3.79. The molecule has 1 aromatic rings. The molecule has 0 saturated carbocycles. The minimum Gasteiger partial charge on any atom is -0.496 e. The number of methoxy groups -OCH3 is 1. The maximum Gasteiger partial charge on any atom is 0.122 e. The van der Waals surface area contributed by atoms with Gasteiger partial charge < -0.3 is 4.74 Å². The lowest BCUT2D eigenvalue weighted by Gasteiger charge is -2.06. The SMILES string of the molecule is COc1cccc(CC#N)c1C. The Morgan fingerprint density at radius 2 is 2.25 bits per heavy atom. The summed E-state index contributed by atoms with van der Waals surface area (Å²) in [5, 5.41) is 8.52. The zero-order valence-corrected chi connectivity index (χ0v) is 7.29. The van der Waals surface area contributed by atoms with Crippen LogP contribution in [-0.4, -0.2) is 7.11 Å². The van der Waals surface area contributed by atoms with E-state index in [0.29, 0.717) is 6.42 Å². The second-order valence-electron chi connectivity index (χ2n) is 2.58. The zero-order valence-electron chi connectivity index (χ0n) is 7.29. The van der Waals surface area contributed by atoms with Crippen LogP contribution in [0.4, 0.5) is 0 Å². The van der Waals surface area contributed by atoms with Crippen LogP contribution in [0, 0.1) is 18.3 Å². The third kappa shape index (κ3) is 1.57. The highest BCUT2D eigenvalue weighted by atomic mass is 16.5. The molecule has 0 aliphatic carbocycles. The summed E-state index contributed by atoms with van der Waals surface area (Å²) in [5.41, 5.74) is 2.10. The fourth-order valence-corrected chi connectivity index (χ4v) is 1.16. The van der Waals surface area contributed by atoms with Crippen molar-refractivity contribution in [1.29, 1.82) is 5.26 Å². The highest BCUT2D eigenvalue weighted by molar-refractivity contribution is 5.40. The number of hydrogen-bond donors (Lipinski definition) is 0. The smallest absolute Gasteiger partial charge is 0.122 e. The molecule has 0 amide bonds. The van der Waals surface area contributed by atoms with Gasteiger partial charge in [0.15, 0.2) is 0 Å². The fourth-order valence-electron chi connectivity index (χ4n) is 1.16. The van der Waals surface area contributed by atoms with E-state index in [9.17, 15) is 0 Å². The summed E-state index contributed by atoms with van der Waals surface area (Å²) in [4.78, 5) is 0. The van der Waals surface area contributed by atoms with Gasteiger partial charge >= 0.3 is 0 Å². The molecule has 0 bridgehead atoms. The lowest BCUT2D eigenvalue weighted by Crippen LogP contribution is -1.92. The summed E-state index contributed by atoms with van der Waals surface area (Å²) >= 11 is 0. The summed E-state index contributed by atoms with van der Waals surface area (Å²) in [6.45, 7) is 1.96. The van der Waals surface area contributed by atoms with Crippen molar-refractivity contribution in [2.75, 3.05) is 7.11 Å². The van der Waals surface area contributed by atoms with E-state index in [4.69, 9.17) is 10.00 Å². The Labute approximate surface area is 72.4 Å². The van der Waals surface area contributed by atoms with Gasteiger partial charge in [-0.15, -0.1) is 0 Å². The third-order valence-electron chi connectivity index (χ3n) is 1.89. The molecule has 0 heterocycles. The molecule has 0 unspecified atom stereocenters. The Hall–Kier alpha value is -1.49. The number of hydrogen-bond acceptors (Lipinski definition) is 2. The molecule has 2 heteroatoms. The monoisotopic (exact) mass is 161 g/mol. The average molecular weight is 161 g/mol. The highest BCUT2D eigenvalue weighted by Crippen LogP contribution is 2.20. The minimum absolute atomic E-state index is 0.447.